The van der Waals surface area contributed by atoms with E-state index in [1.54, 1.807) is 12.1 Å². The Morgan fingerprint density at radius 3 is 2.80 bits per heavy atom. The fourth-order valence-corrected chi connectivity index (χ4v) is 3.09. The number of nitrogens with two attached hydrogens (primary N) is 1. The van der Waals surface area contributed by atoms with Crippen LogP contribution in [-0.4, -0.2) is 0 Å². The average molecular weight is 291 g/mol. The molecular formula is C16H16ClFN2. The zero-order chi connectivity index (χ0) is 14.1. The quantitative estimate of drug-likeness (QED) is 0.665. The van der Waals surface area contributed by atoms with Crippen molar-refractivity contribution in [2.24, 2.45) is 5.84 Å². The number of rotatable bonds is 4. The summed E-state index contributed by atoms with van der Waals surface area (Å²) < 4.78 is 14.0. The van der Waals surface area contributed by atoms with E-state index in [4.69, 9.17) is 17.4 Å². The molecule has 0 aliphatic heterocycles. The number of nitrogens with one attached hydrogen (secondary N) is 1. The summed E-state index contributed by atoms with van der Waals surface area (Å²) in [4.78, 5) is 0. The van der Waals surface area contributed by atoms with E-state index in [2.05, 4.69) is 17.6 Å². The molecule has 2 nitrogen and oxygen atoms in total. The zero-order valence-electron chi connectivity index (χ0n) is 10.9. The van der Waals surface area contributed by atoms with Gasteiger partial charge < -0.3 is 0 Å². The molecule has 104 valence electrons. The Hall–Kier alpha value is -1.42. The molecule has 0 bridgehead atoms. The van der Waals surface area contributed by atoms with Crippen molar-refractivity contribution in [3.05, 3.63) is 70.0 Å². The molecule has 2 unspecified atom stereocenters. The predicted molar refractivity (Wildman–Crippen MR) is 79.0 cm³/mol. The van der Waals surface area contributed by atoms with Gasteiger partial charge in [-0.3, -0.25) is 11.3 Å². The fraction of sp³-hybridized carbons (Fsp3) is 0.250. The third-order valence-corrected chi connectivity index (χ3v) is 4.26. The number of hydrogen-bond donors (Lipinski definition) is 2. The van der Waals surface area contributed by atoms with Crippen LogP contribution in [-0.2, 0) is 6.42 Å². The Morgan fingerprint density at radius 1 is 1.30 bits per heavy atom. The van der Waals surface area contributed by atoms with Crippen LogP contribution in [0.2, 0.25) is 5.02 Å². The lowest BCUT2D eigenvalue weighted by Gasteiger charge is -2.33. The lowest BCUT2D eigenvalue weighted by Crippen LogP contribution is -2.32. The monoisotopic (exact) mass is 290 g/mol. The van der Waals surface area contributed by atoms with Crippen LogP contribution in [0.4, 0.5) is 4.39 Å². The minimum Gasteiger partial charge on any atom is -0.271 e. The summed E-state index contributed by atoms with van der Waals surface area (Å²) in [6, 6.07) is 12.9. The maximum Gasteiger partial charge on any atom is 0.129 e. The van der Waals surface area contributed by atoms with Crippen LogP contribution < -0.4 is 11.3 Å². The minimum atomic E-state index is -0.312. The van der Waals surface area contributed by atoms with E-state index in [9.17, 15) is 4.39 Å². The van der Waals surface area contributed by atoms with Crippen molar-refractivity contribution in [3.63, 3.8) is 0 Å². The van der Waals surface area contributed by atoms with Crippen molar-refractivity contribution in [2.75, 3.05) is 0 Å². The molecule has 0 heterocycles. The van der Waals surface area contributed by atoms with Crippen LogP contribution in [0, 0.1) is 5.82 Å². The van der Waals surface area contributed by atoms with Gasteiger partial charge in [-0.25, -0.2) is 4.39 Å². The first-order chi connectivity index (χ1) is 9.69. The first kappa shape index (κ1) is 13.6. The summed E-state index contributed by atoms with van der Waals surface area (Å²) in [5.74, 6) is 5.73. The van der Waals surface area contributed by atoms with Gasteiger partial charge >= 0.3 is 0 Å². The number of halogens is 2. The van der Waals surface area contributed by atoms with E-state index in [1.165, 1.54) is 17.2 Å². The molecule has 2 atom stereocenters. The minimum absolute atomic E-state index is 0.203. The summed E-state index contributed by atoms with van der Waals surface area (Å²) in [5.41, 5.74) is 6.02. The second-order valence-corrected chi connectivity index (χ2v) is 5.66. The number of hydrogen-bond acceptors (Lipinski definition) is 2. The van der Waals surface area contributed by atoms with E-state index in [-0.39, 0.29) is 11.9 Å². The molecule has 3 N–H and O–H groups in total. The molecule has 1 aliphatic rings. The van der Waals surface area contributed by atoms with Crippen molar-refractivity contribution < 1.29 is 4.39 Å². The summed E-state index contributed by atoms with van der Waals surface area (Å²) in [7, 11) is 0. The lowest BCUT2D eigenvalue weighted by atomic mass is 9.74. The van der Waals surface area contributed by atoms with Crippen LogP contribution in [0.25, 0.3) is 0 Å². The van der Waals surface area contributed by atoms with Gasteiger partial charge in [-0.2, -0.15) is 0 Å². The standard InChI is InChI=1S/C16H16ClFN2/c17-12-5-6-14(15(18)9-12)16(20-19)8-11-7-10-3-1-2-4-13(10)11/h1-6,9,11,16,20H,7-8,19H2. The molecule has 20 heavy (non-hydrogen) atoms. The SMILES string of the molecule is NNC(CC1Cc2ccccc21)c1ccc(Cl)cc1F. The summed E-state index contributed by atoms with van der Waals surface area (Å²) in [5, 5.41) is 0.399. The normalized spacial score (nSPS) is 18.2. The molecule has 0 spiro atoms. The third-order valence-electron chi connectivity index (χ3n) is 4.02. The first-order valence-corrected chi connectivity index (χ1v) is 7.05. The topological polar surface area (TPSA) is 38.0 Å². The summed E-state index contributed by atoms with van der Waals surface area (Å²) in [6.45, 7) is 0. The smallest absolute Gasteiger partial charge is 0.129 e. The van der Waals surface area contributed by atoms with E-state index >= 15 is 0 Å². The molecule has 4 heteroatoms. The first-order valence-electron chi connectivity index (χ1n) is 6.68. The molecule has 2 aromatic rings. The van der Waals surface area contributed by atoms with E-state index in [1.807, 2.05) is 12.1 Å². The Labute approximate surface area is 122 Å². The van der Waals surface area contributed by atoms with Crippen LogP contribution in [0.1, 0.15) is 35.1 Å². The molecule has 0 saturated heterocycles. The number of benzene rings is 2. The van der Waals surface area contributed by atoms with Crippen LogP contribution in [0.5, 0.6) is 0 Å². The highest BCUT2D eigenvalue weighted by molar-refractivity contribution is 6.30. The van der Waals surface area contributed by atoms with Gasteiger partial charge in [0.1, 0.15) is 5.82 Å². The van der Waals surface area contributed by atoms with Gasteiger partial charge in [-0.15, -0.1) is 0 Å². The van der Waals surface area contributed by atoms with Gasteiger partial charge in [0.2, 0.25) is 0 Å². The van der Waals surface area contributed by atoms with Gasteiger partial charge in [0.05, 0.1) is 0 Å². The van der Waals surface area contributed by atoms with E-state index in [0.29, 0.717) is 16.5 Å². The fourth-order valence-electron chi connectivity index (χ4n) is 2.93. The van der Waals surface area contributed by atoms with E-state index in [0.717, 1.165) is 12.8 Å². The molecule has 0 radical (unpaired) electrons. The molecule has 0 aromatic heterocycles. The van der Waals surface area contributed by atoms with Gasteiger partial charge in [-0.05, 0) is 42.0 Å². The van der Waals surface area contributed by atoms with Crippen molar-refractivity contribution in [1.29, 1.82) is 0 Å². The van der Waals surface area contributed by atoms with Crippen molar-refractivity contribution >= 4 is 11.6 Å². The molecule has 0 saturated carbocycles. The highest BCUT2D eigenvalue weighted by atomic mass is 35.5. The molecular weight excluding hydrogens is 275 g/mol. The van der Waals surface area contributed by atoms with Gasteiger partial charge in [-0.1, -0.05) is 41.9 Å². The lowest BCUT2D eigenvalue weighted by molar-refractivity contribution is 0.422. The maximum absolute atomic E-state index is 14.0. The van der Waals surface area contributed by atoms with Crippen molar-refractivity contribution in [2.45, 2.75) is 24.8 Å². The zero-order valence-corrected chi connectivity index (χ0v) is 11.7. The molecule has 0 fully saturated rings. The second kappa shape index (κ2) is 5.52. The largest absolute Gasteiger partial charge is 0.271 e. The highest BCUT2D eigenvalue weighted by Gasteiger charge is 2.29. The van der Waals surface area contributed by atoms with Gasteiger partial charge in [0, 0.05) is 16.6 Å². The Morgan fingerprint density at radius 2 is 2.10 bits per heavy atom. The number of fused-ring (bicyclic) bond motifs is 1. The van der Waals surface area contributed by atoms with Crippen molar-refractivity contribution in [3.8, 4) is 0 Å². The molecule has 3 rings (SSSR count). The molecule has 0 amide bonds. The second-order valence-electron chi connectivity index (χ2n) is 5.22. The molecule has 2 aromatic carbocycles. The highest BCUT2D eigenvalue weighted by Crippen LogP contribution is 2.40. The molecule has 1 aliphatic carbocycles. The summed E-state index contributed by atoms with van der Waals surface area (Å²) in [6.07, 6.45) is 1.82. The van der Waals surface area contributed by atoms with E-state index < -0.39 is 0 Å². The van der Waals surface area contributed by atoms with Crippen LogP contribution in [0.15, 0.2) is 42.5 Å². The average Bonchev–Trinajstić information content (AvgIpc) is 2.41. The Kier molecular flexibility index (Phi) is 3.74. The Bertz CT molecular complexity index is 630. The van der Waals surface area contributed by atoms with Gasteiger partial charge in [0.25, 0.3) is 0 Å². The van der Waals surface area contributed by atoms with Crippen LogP contribution >= 0.6 is 11.6 Å². The maximum atomic E-state index is 14.0. The van der Waals surface area contributed by atoms with Gasteiger partial charge in [0.15, 0.2) is 0 Å². The predicted octanol–water partition coefficient (Wildman–Crippen LogP) is 3.71. The summed E-state index contributed by atoms with van der Waals surface area (Å²) >= 11 is 5.78. The Balaban J connectivity index is 1.79. The third kappa shape index (κ3) is 2.44. The van der Waals surface area contributed by atoms with Crippen LogP contribution in [0.3, 0.4) is 0 Å². The van der Waals surface area contributed by atoms with Crippen molar-refractivity contribution in [1.82, 2.24) is 5.43 Å². The number of hydrazine groups is 1.